The first kappa shape index (κ1) is 13.2. The Morgan fingerprint density at radius 2 is 2.20 bits per heavy atom. The first-order chi connectivity index (χ1) is 9.67. The summed E-state index contributed by atoms with van der Waals surface area (Å²) in [5, 5.41) is 4.52. The van der Waals surface area contributed by atoms with Crippen LogP contribution in [0, 0.1) is 0 Å². The molecule has 2 heterocycles. The van der Waals surface area contributed by atoms with Crippen molar-refractivity contribution in [1.82, 2.24) is 14.7 Å². The van der Waals surface area contributed by atoms with Crippen molar-refractivity contribution in [2.24, 2.45) is 7.05 Å². The smallest absolute Gasteiger partial charge is 0.0625 e. The van der Waals surface area contributed by atoms with Crippen LogP contribution in [0.15, 0.2) is 24.3 Å². The summed E-state index contributed by atoms with van der Waals surface area (Å²) in [6.45, 7) is 5.14. The zero-order valence-corrected chi connectivity index (χ0v) is 12.3. The van der Waals surface area contributed by atoms with Crippen molar-refractivity contribution in [2.45, 2.75) is 32.9 Å². The molecule has 2 N–H and O–H groups in total. The van der Waals surface area contributed by atoms with E-state index in [0.29, 0.717) is 0 Å². The van der Waals surface area contributed by atoms with Gasteiger partial charge in [0.05, 0.1) is 11.4 Å². The van der Waals surface area contributed by atoms with Crippen molar-refractivity contribution in [1.29, 1.82) is 0 Å². The number of nitrogens with zero attached hydrogens (tertiary/aromatic N) is 3. The summed E-state index contributed by atoms with van der Waals surface area (Å²) in [6, 6.07) is 8.47. The maximum atomic E-state index is 6.05. The number of anilines is 1. The first-order valence-corrected chi connectivity index (χ1v) is 7.27. The fraction of sp³-hybridized carbons (Fsp3) is 0.438. The van der Waals surface area contributed by atoms with Gasteiger partial charge in [-0.1, -0.05) is 19.1 Å². The van der Waals surface area contributed by atoms with Gasteiger partial charge in [0.1, 0.15) is 0 Å². The molecule has 106 valence electrons. The van der Waals surface area contributed by atoms with Gasteiger partial charge in [-0.2, -0.15) is 5.10 Å². The zero-order chi connectivity index (χ0) is 14.1. The lowest BCUT2D eigenvalue weighted by atomic mass is 9.98. The van der Waals surface area contributed by atoms with Crippen LogP contribution in [0.2, 0.25) is 0 Å². The lowest BCUT2D eigenvalue weighted by Crippen LogP contribution is -2.31. The number of benzene rings is 1. The van der Waals surface area contributed by atoms with Gasteiger partial charge in [0.25, 0.3) is 0 Å². The van der Waals surface area contributed by atoms with Gasteiger partial charge in [-0.15, -0.1) is 0 Å². The van der Waals surface area contributed by atoms with E-state index in [1.54, 1.807) is 0 Å². The molecular weight excluding hydrogens is 248 g/mol. The molecule has 4 heteroatoms. The lowest BCUT2D eigenvalue weighted by Gasteiger charge is -2.29. The Hall–Kier alpha value is -1.81. The molecule has 4 nitrogen and oxygen atoms in total. The molecule has 1 aromatic heterocycles. The number of hydrogen-bond acceptors (Lipinski definition) is 3. The van der Waals surface area contributed by atoms with Crippen LogP contribution in [0.5, 0.6) is 0 Å². The molecule has 1 aromatic carbocycles. The normalized spacial score (nSPS) is 15.3. The lowest BCUT2D eigenvalue weighted by molar-refractivity contribution is 0.239. The number of aryl methyl sites for hydroxylation is 2. The molecule has 0 amide bonds. The van der Waals surface area contributed by atoms with E-state index in [-0.39, 0.29) is 0 Å². The van der Waals surface area contributed by atoms with E-state index in [4.69, 9.17) is 5.73 Å². The molecule has 1 aliphatic rings. The van der Waals surface area contributed by atoms with Crippen LogP contribution in [0.25, 0.3) is 0 Å². The Balaban J connectivity index is 1.75. The van der Waals surface area contributed by atoms with Crippen molar-refractivity contribution >= 4 is 5.69 Å². The van der Waals surface area contributed by atoms with Crippen LogP contribution < -0.4 is 5.73 Å². The van der Waals surface area contributed by atoms with E-state index in [9.17, 15) is 0 Å². The fourth-order valence-corrected chi connectivity index (χ4v) is 2.95. The monoisotopic (exact) mass is 270 g/mol. The van der Waals surface area contributed by atoms with Crippen molar-refractivity contribution < 1.29 is 0 Å². The van der Waals surface area contributed by atoms with E-state index < -0.39 is 0 Å². The van der Waals surface area contributed by atoms with Crippen LogP contribution in [-0.2, 0) is 33.0 Å². The van der Waals surface area contributed by atoms with Crippen LogP contribution in [0.4, 0.5) is 5.69 Å². The second-order valence-electron chi connectivity index (χ2n) is 5.55. The minimum absolute atomic E-state index is 0.941. The molecule has 0 bridgehead atoms. The molecule has 1 aliphatic heterocycles. The summed E-state index contributed by atoms with van der Waals surface area (Å²) in [4.78, 5) is 2.47. The maximum absolute atomic E-state index is 6.05. The fourth-order valence-electron chi connectivity index (χ4n) is 2.95. The Labute approximate surface area is 120 Å². The van der Waals surface area contributed by atoms with E-state index in [2.05, 4.69) is 35.1 Å². The Morgan fingerprint density at radius 1 is 1.35 bits per heavy atom. The molecule has 0 spiro atoms. The molecule has 2 aromatic rings. The van der Waals surface area contributed by atoms with Crippen LogP contribution in [-0.4, -0.2) is 21.2 Å². The molecular formula is C16H22N4. The highest BCUT2D eigenvalue weighted by atomic mass is 15.3. The number of nitrogens with two attached hydrogens (primary N) is 1. The van der Waals surface area contributed by atoms with Gasteiger partial charge in [0.15, 0.2) is 0 Å². The predicted molar refractivity (Wildman–Crippen MR) is 81.3 cm³/mol. The highest BCUT2D eigenvalue weighted by Gasteiger charge is 2.19. The predicted octanol–water partition coefficient (Wildman–Crippen LogP) is 2.12. The SMILES string of the molecule is CCc1cc(CN2CCc3c(N)cccc3C2)n(C)n1. The van der Waals surface area contributed by atoms with Gasteiger partial charge in [0.2, 0.25) is 0 Å². The highest BCUT2D eigenvalue weighted by Crippen LogP contribution is 2.25. The van der Waals surface area contributed by atoms with Gasteiger partial charge >= 0.3 is 0 Å². The molecule has 0 saturated carbocycles. The Morgan fingerprint density at radius 3 is 2.95 bits per heavy atom. The second-order valence-corrected chi connectivity index (χ2v) is 5.55. The van der Waals surface area contributed by atoms with Crippen LogP contribution in [0.1, 0.15) is 29.4 Å². The maximum Gasteiger partial charge on any atom is 0.0625 e. The van der Waals surface area contributed by atoms with Gasteiger partial charge in [-0.25, -0.2) is 0 Å². The van der Waals surface area contributed by atoms with Crippen molar-refractivity contribution in [3.63, 3.8) is 0 Å². The van der Waals surface area contributed by atoms with E-state index in [0.717, 1.165) is 38.2 Å². The molecule has 0 radical (unpaired) electrons. The number of aromatic nitrogens is 2. The van der Waals surface area contributed by atoms with Gasteiger partial charge in [-0.05, 0) is 36.1 Å². The third-order valence-corrected chi connectivity index (χ3v) is 4.16. The van der Waals surface area contributed by atoms with Crippen molar-refractivity contribution in [2.75, 3.05) is 12.3 Å². The summed E-state index contributed by atoms with van der Waals surface area (Å²) in [7, 11) is 2.03. The quantitative estimate of drug-likeness (QED) is 0.869. The van der Waals surface area contributed by atoms with E-state index >= 15 is 0 Å². The van der Waals surface area contributed by atoms with Crippen LogP contribution >= 0.6 is 0 Å². The summed E-state index contributed by atoms with van der Waals surface area (Å²) in [6.07, 6.45) is 2.04. The van der Waals surface area contributed by atoms with E-state index in [1.165, 1.54) is 22.5 Å². The third-order valence-electron chi connectivity index (χ3n) is 4.16. The van der Waals surface area contributed by atoms with Crippen molar-refractivity contribution in [3.05, 3.63) is 46.8 Å². The zero-order valence-electron chi connectivity index (χ0n) is 12.3. The molecule has 0 fully saturated rings. The standard InChI is InChI=1S/C16H22N4/c1-3-13-9-14(19(2)18-13)11-20-8-7-15-12(10-20)5-4-6-16(15)17/h4-6,9H,3,7-8,10-11,17H2,1-2H3. The van der Waals surface area contributed by atoms with Gasteiger partial charge in [-0.3, -0.25) is 9.58 Å². The third kappa shape index (κ3) is 2.43. The second kappa shape index (κ2) is 5.29. The minimum Gasteiger partial charge on any atom is -0.398 e. The van der Waals surface area contributed by atoms with E-state index in [1.807, 2.05) is 17.8 Å². The summed E-state index contributed by atoms with van der Waals surface area (Å²) in [5.74, 6) is 0. The molecule has 20 heavy (non-hydrogen) atoms. The summed E-state index contributed by atoms with van der Waals surface area (Å²) < 4.78 is 2.01. The highest BCUT2D eigenvalue weighted by molar-refractivity contribution is 5.51. The molecule has 0 unspecified atom stereocenters. The number of hydrogen-bond donors (Lipinski definition) is 1. The first-order valence-electron chi connectivity index (χ1n) is 7.27. The van der Waals surface area contributed by atoms with Gasteiger partial charge in [0, 0.05) is 32.4 Å². The summed E-state index contributed by atoms with van der Waals surface area (Å²) >= 11 is 0. The average molecular weight is 270 g/mol. The molecule has 0 aliphatic carbocycles. The number of nitrogen functional groups attached to an aromatic ring is 1. The Kier molecular flexibility index (Phi) is 3.49. The van der Waals surface area contributed by atoms with Crippen LogP contribution in [0.3, 0.4) is 0 Å². The number of fused-ring (bicyclic) bond motifs is 1. The topological polar surface area (TPSA) is 47.1 Å². The molecule has 0 atom stereocenters. The van der Waals surface area contributed by atoms with Gasteiger partial charge < -0.3 is 5.73 Å². The minimum atomic E-state index is 0.941. The number of rotatable bonds is 3. The Bertz CT molecular complexity index is 615. The average Bonchev–Trinajstić information content (AvgIpc) is 2.80. The molecule has 0 saturated heterocycles. The molecule has 3 rings (SSSR count). The summed E-state index contributed by atoms with van der Waals surface area (Å²) in [5.41, 5.74) is 12.2. The van der Waals surface area contributed by atoms with Crippen molar-refractivity contribution in [3.8, 4) is 0 Å². The largest absolute Gasteiger partial charge is 0.398 e.